The minimum atomic E-state index is -0.581. The predicted molar refractivity (Wildman–Crippen MR) is 197 cm³/mol. The third kappa shape index (κ3) is 9.21. The lowest BCUT2D eigenvalue weighted by atomic mass is 10.1. The molecule has 0 radical (unpaired) electrons. The highest BCUT2D eigenvalue weighted by Gasteiger charge is 2.18. The largest absolute Gasteiger partial charge is 0.497 e. The summed E-state index contributed by atoms with van der Waals surface area (Å²) in [6.07, 6.45) is 1.50. The van der Waals surface area contributed by atoms with Gasteiger partial charge in [-0.15, -0.1) is 23.1 Å². The van der Waals surface area contributed by atoms with Crippen LogP contribution in [-0.4, -0.2) is 56.9 Å². The zero-order chi connectivity index (χ0) is 35.5. The van der Waals surface area contributed by atoms with Crippen molar-refractivity contribution in [3.8, 4) is 34.3 Å². The average Bonchev–Trinajstić information content (AvgIpc) is 3.62. The zero-order valence-electron chi connectivity index (χ0n) is 27.6. The molecule has 5 rings (SSSR count). The Hall–Kier alpha value is -5.79. The van der Waals surface area contributed by atoms with Gasteiger partial charge in [0.15, 0.2) is 16.6 Å². The normalized spacial score (nSPS) is 10.9. The molecule has 0 spiro atoms. The van der Waals surface area contributed by atoms with E-state index < -0.39 is 11.8 Å². The SMILES string of the molecule is COc1ccc(-c2csc(NC(=O)CSc3cccc(NC(=O)/C(=C\c4cc(OC)c(OC)cc4OC)NC(=O)c4ccccc4)c3)n2)cc1. The van der Waals surface area contributed by atoms with E-state index in [0.29, 0.717) is 39.2 Å². The van der Waals surface area contributed by atoms with Crippen molar-refractivity contribution in [1.29, 1.82) is 0 Å². The number of carbonyl (C=O) groups is 3. The first-order valence-corrected chi connectivity index (χ1v) is 17.0. The van der Waals surface area contributed by atoms with E-state index in [9.17, 15) is 14.4 Å². The molecule has 0 aliphatic heterocycles. The number of aromatic nitrogens is 1. The molecular formula is C37H34N4O7S2. The summed E-state index contributed by atoms with van der Waals surface area (Å²) in [5.41, 5.74) is 2.92. The van der Waals surface area contributed by atoms with Gasteiger partial charge in [0, 0.05) is 38.7 Å². The van der Waals surface area contributed by atoms with Gasteiger partial charge in [-0.1, -0.05) is 24.3 Å². The van der Waals surface area contributed by atoms with Crippen LogP contribution in [0.1, 0.15) is 15.9 Å². The molecule has 0 unspecified atom stereocenters. The molecule has 0 bridgehead atoms. The summed E-state index contributed by atoms with van der Waals surface area (Å²) in [5.74, 6) is 0.835. The maximum absolute atomic E-state index is 13.7. The van der Waals surface area contributed by atoms with Gasteiger partial charge in [0.1, 0.15) is 17.2 Å². The van der Waals surface area contributed by atoms with Gasteiger partial charge in [-0.05, 0) is 66.7 Å². The lowest BCUT2D eigenvalue weighted by molar-refractivity contribution is -0.114. The molecule has 0 aliphatic carbocycles. The van der Waals surface area contributed by atoms with Crippen LogP contribution >= 0.6 is 23.1 Å². The summed E-state index contributed by atoms with van der Waals surface area (Å²) in [6, 6.07) is 26.4. The molecule has 13 heteroatoms. The van der Waals surface area contributed by atoms with Crippen LogP contribution in [-0.2, 0) is 9.59 Å². The Labute approximate surface area is 297 Å². The lowest BCUT2D eigenvalue weighted by Crippen LogP contribution is -2.30. The number of amides is 3. The van der Waals surface area contributed by atoms with Crippen molar-refractivity contribution in [2.75, 3.05) is 44.8 Å². The van der Waals surface area contributed by atoms with Gasteiger partial charge in [-0.3, -0.25) is 14.4 Å². The summed E-state index contributed by atoms with van der Waals surface area (Å²) in [7, 11) is 6.10. The van der Waals surface area contributed by atoms with Crippen LogP contribution < -0.4 is 34.9 Å². The number of anilines is 2. The number of benzene rings is 4. The summed E-state index contributed by atoms with van der Waals surface area (Å²) in [4.78, 5) is 44.9. The fraction of sp³-hybridized carbons (Fsp3) is 0.135. The van der Waals surface area contributed by atoms with Crippen LogP contribution in [0.15, 0.2) is 107 Å². The second-order valence-electron chi connectivity index (χ2n) is 10.4. The minimum Gasteiger partial charge on any atom is -0.497 e. The zero-order valence-corrected chi connectivity index (χ0v) is 29.3. The molecule has 5 aromatic rings. The van der Waals surface area contributed by atoms with Crippen LogP contribution in [0, 0.1) is 0 Å². The molecule has 256 valence electrons. The summed E-state index contributed by atoms with van der Waals surface area (Å²) in [6.45, 7) is 0. The number of nitrogens with one attached hydrogen (secondary N) is 3. The summed E-state index contributed by atoms with van der Waals surface area (Å²) < 4.78 is 21.6. The van der Waals surface area contributed by atoms with Gasteiger partial charge in [0.05, 0.1) is 39.9 Å². The Morgan fingerprint density at radius 1 is 0.780 bits per heavy atom. The molecular weight excluding hydrogens is 677 g/mol. The van der Waals surface area contributed by atoms with E-state index >= 15 is 0 Å². The minimum absolute atomic E-state index is 0.0423. The number of methoxy groups -OCH3 is 4. The van der Waals surface area contributed by atoms with Crippen molar-refractivity contribution in [2.24, 2.45) is 0 Å². The molecule has 4 aromatic carbocycles. The van der Waals surface area contributed by atoms with Gasteiger partial charge < -0.3 is 34.9 Å². The van der Waals surface area contributed by atoms with Crippen molar-refractivity contribution < 1.29 is 33.3 Å². The number of nitrogens with zero attached hydrogens (tertiary/aromatic N) is 1. The Bertz CT molecular complexity index is 2000. The van der Waals surface area contributed by atoms with Crippen molar-refractivity contribution in [1.82, 2.24) is 10.3 Å². The maximum Gasteiger partial charge on any atom is 0.272 e. The van der Waals surface area contributed by atoms with Crippen LogP contribution in [0.3, 0.4) is 0 Å². The van der Waals surface area contributed by atoms with Crippen LogP contribution in [0.5, 0.6) is 23.0 Å². The lowest BCUT2D eigenvalue weighted by Gasteiger charge is -2.15. The third-order valence-electron chi connectivity index (χ3n) is 7.16. The molecule has 1 aromatic heterocycles. The molecule has 0 atom stereocenters. The highest BCUT2D eigenvalue weighted by atomic mass is 32.2. The van der Waals surface area contributed by atoms with Gasteiger partial charge in [0.2, 0.25) is 5.91 Å². The maximum atomic E-state index is 13.7. The highest BCUT2D eigenvalue weighted by molar-refractivity contribution is 8.00. The summed E-state index contributed by atoms with van der Waals surface area (Å²) >= 11 is 2.64. The van der Waals surface area contributed by atoms with Gasteiger partial charge in [0.25, 0.3) is 11.8 Å². The van der Waals surface area contributed by atoms with E-state index in [2.05, 4.69) is 20.9 Å². The number of rotatable bonds is 14. The molecule has 1 heterocycles. The van der Waals surface area contributed by atoms with E-state index in [-0.39, 0.29) is 17.4 Å². The third-order valence-corrected chi connectivity index (χ3v) is 8.91. The molecule has 0 saturated heterocycles. The van der Waals surface area contributed by atoms with Crippen LogP contribution in [0.4, 0.5) is 10.8 Å². The number of hydrogen-bond donors (Lipinski definition) is 3. The monoisotopic (exact) mass is 710 g/mol. The molecule has 0 saturated carbocycles. The van der Waals surface area contributed by atoms with E-state index in [1.165, 1.54) is 50.5 Å². The fourth-order valence-corrected chi connectivity index (χ4v) is 6.15. The first-order valence-electron chi connectivity index (χ1n) is 15.1. The Morgan fingerprint density at radius 2 is 1.50 bits per heavy atom. The van der Waals surface area contributed by atoms with Crippen molar-refractivity contribution >= 4 is 57.7 Å². The average molecular weight is 711 g/mol. The van der Waals surface area contributed by atoms with Gasteiger partial charge in [-0.2, -0.15) is 0 Å². The Morgan fingerprint density at radius 3 is 2.20 bits per heavy atom. The Balaban J connectivity index is 1.28. The number of ether oxygens (including phenoxy) is 4. The first-order chi connectivity index (χ1) is 24.3. The van der Waals surface area contributed by atoms with E-state index in [4.69, 9.17) is 18.9 Å². The topological polar surface area (TPSA) is 137 Å². The first kappa shape index (κ1) is 35.5. The molecule has 3 N–H and O–H groups in total. The number of hydrogen-bond acceptors (Lipinski definition) is 10. The number of thiazole rings is 1. The smallest absolute Gasteiger partial charge is 0.272 e. The fourth-order valence-electron chi connectivity index (χ4n) is 4.66. The van der Waals surface area contributed by atoms with E-state index in [0.717, 1.165) is 21.9 Å². The number of thioether (sulfide) groups is 1. The second-order valence-corrected chi connectivity index (χ2v) is 12.3. The molecule has 3 amide bonds. The van der Waals surface area contributed by atoms with Crippen LogP contribution in [0.25, 0.3) is 17.3 Å². The van der Waals surface area contributed by atoms with E-state index in [1.807, 2.05) is 35.7 Å². The predicted octanol–water partition coefficient (Wildman–Crippen LogP) is 6.98. The standard InChI is InChI=1S/C37H34N4O7S2/c1-45-27-15-13-23(14-16-27)30-21-50-37(40-30)41-34(42)22-49-28-12-8-11-26(19-28)38-36(44)29(39-35(43)24-9-6-5-7-10-24)17-25-18-32(47-3)33(48-4)20-31(25)46-2/h5-21H,22H2,1-4H3,(H,38,44)(H,39,43)(H,40,41,42)/b29-17+. The van der Waals surface area contributed by atoms with Gasteiger partial charge >= 0.3 is 0 Å². The van der Waals surface area contributed by atoms with Crippen molar-refractivity contribution in [2.45, 2.75) is 4.90 Å². The Kier molecular flexibility index (Phi) is 12.1. The molecule has 11 nitrogen and oxygen atoms in total. The van der Waals surface area contributed by atoms with Crippen LogP contribution in [0.2, 0.25) is 0 Å². The molecule has 50 heavy (non-hydrogen) atoms. The quantitative estimate of drug-likeness (QED) is 0.0823. The van der Waals surface area contributed by atoms with Crippen molar-refractivity contribution in [3.63, 3.8) is 0 Å². The summed E-state index contributed by atoms with van der Waals surface area (Å²) in [5, 5.41) is 10.8. The highest BCUT2D eigenvalue weighted by Crippen LogP contribution is 2.36. The number of carbonyl (C=O) groups excluding carboxylic acids is 3. The van der Waals surface area contributed by atoms with Gasteiger partial charge in [-0.25, -0.2) is 4.98 Å². The molecule has 0 aliphatic rings. The van der Waals surface area contributed by atoms with E-state index in [1.54, 1.807) is 67.8 Å². The van der Waals surface area contributed by atoms with Crippen molar-refractivity contribution in [3.05, 3.63) is 113 Å². The molecule has 0 fully saturated rings. The second kappa shape index (κ2) is 17.0.